The topological polar surface area (TPSA) is 73.2 Å². The highest BCUT2D eigenvalue weighted by Crippen LogP contribution is 2.28. The Morgan fingerprint density at radius 2 is 1.85 bits per heavy atom. The average Bonchev–Trinajstić information content (AvgIpc) is 2.59. The first-order valence-corrected chi connectivity index (χ1v) is 7.86. The van der Waals surface area contributed by atoms with E-state index in [0.29, 0.717) is 0 Å². The van der Waals surface area contributed by atoms with Crippen LogP contribution in [0.5, 0.6) is 5.75 Å². The van der Waals surface area contributed by atoms with E-state index in [1.807, 2.05) is 6.07 Å². The van der Waals surface area contributed by atoms with E-state index in [2.05, 4.69) is 15.1 Å². The summed E-state index contributed by atoms with van der Waals surface area (Å²) in [5.74, 6) is -1.02. The number of ether oxygens (including phenoxy) is 1. The first kappa shape index (κ1) is 18.4. The van der Waals surface area contributed by atoms with Gasteiger partial charge >= 0.3 is 6.36 Å². The zero-order chi connectivity index (χ0) is 19.6. The zero-order valence-electron chi connectivity index (χ0n) is 14.1. The van der Waals surface area contributed by atoms with Gasteiger partial charge in [0.25, 0.3) is 5.56 Å². The van der Waals surface area contributed by atoms with E-state index in [-0.39, 0.29) is 23.1 Å². The van der Waals surface area contributed by atoms with Gasteiger partial charge in [-0.1, -0.05) is 36.4 Å². The van der Waals surface area contributed by atoms with Gasteiger partial charge in [-0.2, -0.15) is 0 Å². The van der Waals surface area contributed by atoms with Crippen LogP contribution in [0.25, 0.3) is 10.9 Å². The van der Waals surface area contributed by atoms with Gasteiger partial charge in [-0.3, -0.25) is 15.0 Å². The number of nitrogens with zero attached hydrogens (tertiary/aromatic N) is 2. The normalized spacial score (nSPS) is 11.4. The number of para-hydroxylation sites is 1. The Morgan fingerprint density at radius 3 is 2.52 bits per heavy atom. The number of rotatable bonds is 4. The maximum atomic E-state index is 12.6. The minimum atomic E-state index is -4.91. The molecule has 0 atom stereocenters. The molecule has 27 heavy (non-hydrogen) atoms. The Bertz CT molecular complexity index is 1050. The molecule has 140 valence electrons. The Kier molecular flexibility index (Phi) is 4.85. The Balaban J connectivity index is 1.95. The van der Waals surface area contributed by atoms with E-state index in [1.165, 1.54) is 19.1 Å². The molecule has 0 spiro atoms. The molecule has 0 saturated heterocycles. The smallest absolute Gasteiger partial charge is 0.403 e. The number of fused-ring (bicyclic) bond motifs is 1. The molecule has 0 aliphatic heterocycles. The highest BCUT2D eigenvalue weighted by atomic mass is 19.4. The number of halogens is 3. The van der Waals surface area contributed by atoms with E-state index in [0.717, 1.165) is 16.3 Å². The number of carbonyl (C=O) groups is 1. The maximum absolute atomic E-state index is 12.6. The van der Waals surface area contributed by atoms with Gasteiger partial charge in [0.15, 0.2) is 5.75 Å². The number of amides is 1. The molecule has 1 N–H and O–H groups in total. The lowest BCUT2D eigenvalue weighted by Crippen LogP contribution is -2.36. The third-order valence-electron chi connectivity index (χ3n) is 3.70. The summed E-state index contributed by atoms with van der Waals surface area (Å²) in [5.41, 5.74) is 2.24. The first-order chi connectivity index (χ1) is 12.7. The summed E-state index contributed by atoms with van der Waals surface area (Å²) in [5, 5.41) is -0.109. The summed E-state index contributed by atoms with van der Waals surface area (Å²) < 4.78 is 42.4. The first-order valence-electron chi connectivity index (χ1n) is 7.86. The molecule has 3 aromatic rings. The number of aryl methyl sites for hydroxylation is 1. The lowest BCUT2D eigenvalue weighted by atomic mass is 10.1. The Labute approximate surface area is 151 Å². The molecular formula is C18H14F3N3O3. The summed E-state index contributed by atoms with van der Waals surface area (Å²) in [4.78, 5) is 28.8. The molecule has 0 radical (unpaired) electrons. The van der Waals surface area contributed by atoms with Crippen LogP contribution in [0.2, 0.25) is 0 Å². The number of hydrogen-bond donors (Lipinski definition) is 1. The van der Waals surface area contributed by atoms with Gasteiger partial charge in [0.2, 0.25) is 5.91 Å². The van der Waals surface area contributed by atoms with Crippen molar-refractivity contribution in [3.05, 3.63) is 70.3 Å². The molecule has 0 saturated carbocycles. The van der Waals surface area contributed by atoms with Gasteiger partial charge in [0.1, 0.15) is 11.3 Å². The largest absolute Gasteiger partial charge is 0.573 e. The van der Waals surface area contributed by atoms with Crippen molar-refractivity contribution in [1.29, 1.82) is 0 Å². The van der Waals surface area contributed by atoms with Crippen molar-refractivity contribution in [2.75, 3.05) is 5.43 Å². The lowest BCUT2D eigenvalue weighted by Gasteiger charge is -2.14. The van der Waals surface area contributed by atoms with Gasteiger partial charge in [0.05, 0.1) is 11.8 Å². The summed E-state index contributed by atoms with van der Waals surface area (Å²) in [6, 6.07) is 12.5. The maximum Gasteiger partial charge on any atom is 0.573 e. The van der Waals surface area contributed by atoms with Gasteiger partial charge < -0.3 is 4.74 Å². The van der Waals surface area contributed by atoms with E-state index in [1.54, 1.807) is 24.3 Å². The second-order valence-corrected chi connectivity index (χ2v) is 5.70. The predicted octanol–water partition coefficient (Wildman–Crippen LogP) is 2.92. The van der Waals surface area contributed by atoms with E-state index >= 15 is 0 Å². The monoisotopic (exact) mass is 377 g/mol. The molecule has 6 nitrogen and oxygen atoms in total. The van der Waals surface area contributed by atoms with Crippen LogP contribution in [-0.2, 0) is 11.2 Å². The van der Waals surface area contributed by atoms with Crippen molar-refractivity contribution in [3.63, 3.8) is 0 Å². The molecule has 2 aromatic carbocycles. The molecule has 3 rings (SSSR count). The summed E-state index contributed by atoms with van der Waals surface area (Å²) >= 11 is 0. The number of benzene rings is 2. The molecule has 1 aromatic heterocycles. The summed E-state index contributed by atoms with van der Waals surface area (Å²) in [6.07, 6.45) is -4.88. The molecule has 0 bridgehead atoms. The van der Waals surface area contributed by atoms with Gasteiger partial charge in [-0.25, -0.2) is 9.66 Å². The van der Waals surface area contributed by atoms with Gasteiger partial charge in [0, 0.05) is 0 Å². The van der Waals surface area contributed by atoms with Gasteiger partial charge in [-0.05, 0) is 24.6 Å². The fourth-order valence-corrected chi connectivity index (χ4v) is 2.57. The summed E-state index contributed by atoms with van der Waals surface area (Å²) in [7, 11) is 0. The SMILES string of the molecule is Cc1nc2c(OC(F)(F)F)cccc2c(=O)n1NC(=O)Cc1ccccc1. The highest BCUT2D eigenvalue weighted by molar-refractivity contribution is 5.87. The average molecular weight is 377 g/mol. The highest BCUT2D eigenvalue weighted by Gasteiger charge is 2.32. The van der Waals surface area contributed by atoms with E-state index < -0.39 is 23.6 Å². The minimum Gasteiger partial charge on any atom is -0.403 e. The lowest BCUT2D eigenvalue weighted by molar-refractivity contribution is -0.274. The number of hydrogen-bond acceptors (Lipinski definition) is 4. The second-order valence-electron chi connectivity index (χ2n) is 5.70. The van der Waals surface area contributed by atoms with E-state index in [9.17, 15) is 22.8 Å². The van der Waals surface area contributed by atoms with Crippen molar-refractivity contribution in [2.45, 2.75) is 19.7 Å². The number of nitrogens with one attached hydrogen (secondary N) is 1. The molecule has 0 aliphatic carbocycles. The van der Waals surface area contributed by atoms with Crippen LogP contribution in [0.4, 0.5) is 13.2 Å². The van der Waals surface area contributed by atoms with Crippen molar-refractivity contribution in [3.8, 4) is 5.75 Å². The quantitative estimate of drug-likeness (QED) is 0.759. The van der Waals surface area contributed by atoms with Crippen LogP contribution in [0.1, 0.15) is 11.4 Å². The summed E-state index contributed by atoms with van der Waals surface area (Å²) in [6.45, 7) is 1.40. The van der Waals surface area contributed by atoms with Crippen LogP contribution in [0.15, 0.2) is 53.3 Å². The fourth-order valence-electron chi connectivity index (χ4n) is 2.57. The zero-order valence-corrected chi connectivity index (χ0v) is 14.1. The molecule has 1 heterocycles. The molecule has 1 amide bonds. The number of carbonyl (C=O) groups excluding carboxylic acids is 1. The van der Waals surface area contributed by atoms with Crippen LogP contribution >= 0.6 is 0 Å². The van der Waals surface area contributed by atoms with Crippen molar-refractivity contribution in [1.82, 2.24) is 9.66 Å². The van der Waals surface area contributed by atoms with Gasteiger partial charge in [-0.15, -0.1) is 13.2 Å². The Morgan fingerprint density at radius 1 is 1.15 bits per heavy atom. The third kappa shape index (κ3) is 4.25. The molecular weight excluding hydrogens is 363 g/mol. The van der Waals surface area contributed by atoms with Crippen LogP contribution in [-0.4, -0.2) is 21.9 Å². The fraction of sp³-hybridized carbons (Fsp3) is 0.167. The molecule has 9 heteroatoms. The molecule has 0 fully saturated rings. The number of alkyl halides is 3. The minimum absolute atomic E-state index is 0.0205. The molecule has 0 unspecified atom stereocenters. The van der Waals surface area contributed by atoms with Crippen LogP contribution in [0.3, 0.4) is 0 Å². The third-order valence-corrected chi connectivity index (χ3v) is 3.70. The standard InChI is InChI=1S/C18H14F3N3O3/c1-11-22-16-13(8-5-9-14(16)27-18(19,20)21)17(26)24(11)23-15(25)10-12-6-3-2-4-7-12/h2-9H,10H2,1H3,(H,23,25). The number of aromatic nitrogens is 2. The Hall–Kier alpha value is -3.36. The van der Waals surface area contributed by atoms with Crippen molar-refractivity contribution in [2.24, 2.45) is 0 Å². The van der Waals surface area contributed by atoms with Crippen LogP contribution in [0, 0.1) is 6.92 Å². The van der Waals surface area contributed by atoms with Crippen LogP contribution < -0.4 is 15.7 Å². The predicted molar refractivity (Wildman–Crippen MR) is 91.9 cm³/mol. The second kappa shape index (κ2) is 7.10. The van der Waals surface area contributed by atoms with Crippen molar-refractivity contribution < 1.29 is 22.7 Å². The van der Waals surface area contributed by atoms with E-state index in [4.69, 9.17) is 0 Å². The molecule has 0 aliphatic rings. The van der Waals surface area contributed by atoms with Crippen molar-refractivity contribution >= 4 is 16.8 Å².